The van der Waals surface area contributed by atoms with E-state index in [2.05, 4.69) is 53.1 Å². The number of nitrogens with one attached hydrogen (secondary N) is 1. The van der Waals surface area contributed by atoms with E-state index in [4.69, 9.17) is 0 Å². The molecule has 2 aromatic rings. The van der Waals surface area contributed by atoms with Gasteiger partial charge in [0.1, 0.15) is 0 Å². The predicted octanol–water partition coefficient (Wildman–Crippen LogP) is 5.49. The highest BCUT2D eigenvalue weighted by Crippen LogP contribution is 2.28. The smallest absolute Gasteiger partial charge is 0.274 e. The van der Waals surface area contributed by atoms with Crippen molar-refractivity contribution in [1.82, 2.24) is 0 Å². The molecule has 1 N–H and O–H groups in total. The minimum absolute atomic E-state index is 0.104. The predicted molar refractivity (Wildman–Crippen MR) is 90.0 cm³/mol. The van der Waals surface area contributed by atoms with Crippen molar-refractivity contribution in [3.05, 3.63) is 65.5 Å². The van der Waals surface area contributed by atoms with Crippen molar-refractivity contribution in [3.63, 3.8) is 0 Å². The number of benzene rings is 2. The summed E-state index contributed by atoms with van der Waals surface area (Å²) in [5.74, 6) is 0. The lowest BCUT2D eigenvalue weighted by Crippen LogP contribution is -2.03. The van der Waals surface area contributed by atoms with E-state index < -0.39 is 0 Å². The molecule has 0 aliphatic carbocycles. The zero-order valence-corrected chi connectivity index (χ0v) is 14.8. The Hall–Kier alpha value is -0.920. The van der Waals surface area contributed by atoms with Gasteiger partial charge in [-0.25, -0.2) is 0 Å². The molecule has 0 aromatic heterocycles. The Balaban J connectivity index is 2.24. The third kappa shape index (κ3) is 3.80. The number of nitro benzene ring substituents is 1. The molecule has 0 saturated heterocycles. The fourth-order valence-corrected chi connectivity index (χ4v) is 2.85. The lowest BCUT2D eigenvalue weighted by molar-refractivity contribution is -0.385. The normalized spacial score (nSPS) is 10.3. The Bertz CT molecular complexity index is 662. The summed E-state index contributed by atoms with van der Waals surface area (Å²) in [6, 6.07) is 10.6. The van der Waals surface area contributed by atoms with Crippen LogP contribution in [0.5, 0.6) is 0 Å². The summed E-state index contributed by atoms with van der Waals surface area (Å²) in [7, 11) is 0. The van der Waals surface area contributed by atoms with Crippen LogP contribution in [0.4, 0.5) is 11.4 Å². The largest absolute Gasteiger partial charge is 0.380 e. The third-order valence-corrected chi connectivity index (χ3v) is 4.31. The maximum absolute atomic E-state index is 11.0. The second-order valence-corrected chi connectivity index (χ2v) is 6.69. The molecule has 0 bridgehead atoms. The first-order valence-corrected chi connectivity index (χ1v) is 7.97. The maximum atomic E-state index is 11.0. The molecule has 2 aromatic carbocycles. The highest BCUT2D eigenvalue weighted by Gasteiger charge is 2.13. The molecule has 0 aliphatic heterocycles. The number of nitro groups is 1. The van der Waals surface area contributed by atoms with Gasteiger partial charge < -0.3 is 5.32 Å². The molecule has 20 heavy (non-hydrogen) atoms. The molecule has 0 heterocycles. The number of hydrogen-bond acceptors (Lipinski definition) is 3. The zero-order chi connectivity index (χ0) is 14.7. The Morgan fingerprint density at radius 2 is 1.70 bits per heavy atom. The monoisotopic (exact) mass is 462 g/mol. The lowest BCUT2D eigenvalue weighted by atomic mass is 10.2. The van der Waals surface area contributed by atoms with Crippen molar-refractivity contribution in [2.75, 3.05) is 5.32 Å². The summed E-state index contributed by atoms with van der Waals surface area (Å²) in [6.07, 6.45) is 0. The maximum Gasteiger partial charge on any atom is 0.274 e. The average molecular weight is 465 g/mol. The van der Waals surface area contributed by atoms with Crippen LogP contribution in [-0.2, 0) is 6.54 Å². The van der Waals surface area contributed by atoms with Gasteiger partial charge in [0.25, 0.3) is 5.69 Å². The van der Waals surface area contributed by atoms with Gasteiger partial charge in [0.15, 0.2) is 0 Å². The van der Waals surface area contributed by atoms with Crippen LogP contribution in [0.15, 0.2) is 49.8 Å². The molecule has 2 rings (SSSR count). The van der Waals surface area contributed by atoms with Crippen molar-refractivity contribution in [3.8, 4) is 0 Å². The first-order chi connectivity index (χ1) is 9.47. The van der Waals surface area contributed by atoms with Crippen LogP contribution in [0.3, 0.4) is 0 Å². The van der Waals surface area contributed by atoms with E-state index in [-0.39, 0.29) is 10.6 Å². The molecule has 0 radical (unpaired) electrons. The summed E-state index contributed by atoms with van der Waals surface area (Å²) in [6.45, 7) is 0.366. The molecular weight excluding hydrogens is 456 g/mol. The number of nitrogens with zero attached hydrogens (tertiary/aromatic N) is 1. The van der Waals surface area contributed by atoms with Crippen LogP contribution >= 0.6 is 47.8 Å². The van der Waals surface area contributed by atoms with E-state index in [0.717, 1.165) is 19.1 Å². The Morgan fingerprint density at radius 3 is 2.40 bits per heavy atom. The van der Waals surface area contributed by atoms with Crippen LogP contribution in [0.25, 0.3) is 0 Å². The molecule has 0 aliphatic rings. The molecule has 0 amide bonds. The van der Waals surface area contributed by atoms with Crippen molar-refractivity contribution in [2.45, 2.75) is 6.54 Å². The topological polar surface area (TPSA) is 55.2 Å². The van der Waals surface area contributed by atoms with Crippen LogP contribution in [-0.4, -0.2) is 4.92 Å². The van der Waals surface area contributed by atoms with E-state index in [1.807, 2.05) is 18.2 Å². The standard InChI is InChI=1S/C13H9Br3N2O2/c14-9-2-4-13(18(19)20)8(5-9)7-17-12-6-10(15)1-3-11(12)16/h1-6,17H,7H2. The molecule has 0 saturated carbocycles. The van der Waals surface area contributed by atoms with E-state index in [1.54, 1.807) is 12.1 Å². The van der Waals surface area contributed by atoms with Crippen LogP contribution in [0, 0.1) is 10.1 Å². The van der Waals surface area contributed by atoms with Crippen molar-refractivity contribution in [1.29, 1.82) is 0 Å². The Morgan fingerprint density at radius 1 is 1.05 bits per heavy atom. The summed E-state index contributed by atoms with van der Waals surface area (Å²) in [5.41, 5.74) is 1.59. The molecule has 4 nitrogen and oxygen atoms in total. The van der Waals surface area contributed by atoms with Crippen LogP contribution in [0.1, 0.15) is 5.56 Å². The molecule has 0 atom stereocenters. The number of rotatable bonds is 4. The molecule has 104 valence electrons. The lowest BCUT2D eigenvalue weighted by Gasteiger charge is -2.10. The average Bonchev–Trinajstić information content (AvgIpc) is 2.39. The number of halogens is 3. The highest BCUT2D eigenvalue weighted by molar-refractivity contribution is 9.11. The molecular formula is C13H9Br3N2O2. The Labute approximate surface area is 141 Å². The van der Waals surface area contributed by atoms with Crippen molar-refractivity contribution < 1.29 is 4.92 Å². The van der Waals surface area contributed by atoms with Gasteiger partial charge in [0.2, 0.25) is 0 Å². The summed E-state index contributed by atoms with van der Waals surface area (Å²) in [5, 5.41) is 14.2. The summed E-state index contributed by atoms with van der Waals surface area (Å²) >= 11 is 10.2. The van der Waals surface area contributed by atoms with Gasteiger partial charge in [-0.05, 0) is 46.3 Å². The van der Waals surface area contributed by atoms with Gasteiger partial charge in [0, 0.05) is 37.3 Å². The highest BCUT2D eigenvalue weighted by atomic mass is 79.9. The minimum atomic E-state index is -0.376. The van der Waals surface area contributed by atoms with Crippen LogP contribution < -0.4 is 5.32 Å². The summed E-state index contributed by atoms with van der Waals surface area (Å²) in [4.78, 5) is 10.6. The third-order valence-electron chi connectivity index (χ3n) is 2.64. The SMILES string of the molecule is O=[N+]([O-])c1ccc(Br)cc1CNc1cc(Br)ccc1Br. The first-order valence-electron chi connectivity index (χ1n) is 5.59. The van der Waals surface area contributed by atoms with Gasteiger partial charge in [-0.2, -0.15) is 0 Å². The van der Waals surface area contributed by atoms with E-state index in [1.165, 1.54) is 6.07 Å². The summed E-state index contributed by atoms with van der Waals surface area (Å²) < 4.78 is 2.65. The molecule has 0 unspecified atom stereocenters. The van der Waals surface area contributed by atoms with Crippen molar-refractivity contribution >= 4 is 59.2 Å². The number of anilines is 1. The van der Waals surface area contributed by atoms with Gasteiger partial charge in [-0.1, -0.05) is 31.9 Å². The quantitative estimate of drug-likeness (QED) is 0.480. The van der Waals surface area contributed by atoms with E-state index in [9.17, 15) is 10.1 Å². The van der Waals surface area contributed by atoms with E-state index in [0.29, 0.717) is 12.1 Å². The first kappa shape index (κ1) is 15.5. The fraction of sp³-hybridized carbons (Fsp3) is 0.0769. The van der Waals surface area contributed by atoms with Gasteiger partial charge in [-0.15, -0.1) is 0 Å². The van der Waals surface area contributed by atoms with Gasteiger partial charge in [-0.3, -0.25) is 10.1 Å². The molecule has 7 heteroatoms. The second-order valence-electron chi connectivity index (χ2n) is 4.01. The number of hydrogen-bond donors (Lipinski definition) is 1. The molecule has 0 fully saturated rings. The van der Waals surface area contributed by atoms with E-state index >= 15 is 0 Å². The van der Waals surface area contributed by atoms with Gasteiger partial charge >= 0.3 is 0 Å². The molecule has 0 spiro atoms. The fourth-order valence-electron chi connectivity index (χ4n) is 1.70. The van der Waals surface area contributed by atoms with Crippen molar-refractivity contribution in [2.24, 2.45) is 0 Å². The van der Waals surface area contributed by atoms with Crippen LogP contribution in [0.2, 0.25) is 0 Å². The Kier molecular flexibility index (Phi) is 5.17. The minimum Gasteiger partial charge on any atom is -0.380 e. The zero-order valence-electron chi connectivity index (χ0n) is 10.1. The second kappa shape index (κ2) is 6.69. The van der Waals surface area contributed by atoms with Gasteiger partial charge in [0.05, 0.1) is 4.92 Å².